The molecule has 2 rings (SSSR count). The number of carbonyl (C=O) groups excluding carboxylic acids is 1. The zero-order chi connectivity index (χ0) is 17.6. The summed E-state index contributed by atoms with van der Waals surface area (Å²) in [6, 6.07) is 7.97. The van der Waals surface area contributed by atoms with E-state index in [2.05, 4.69) is 15.5 Å². The first-order valence-corrected chi connectivity index (χ1v) is 8.05. The van der Waals surface area contributed by atoms with Gasteiger partial charge in [0.05, 0.1) is 6.61 Å². The highest BCUT2D eigenvalue weighted by Gasteiger charge is 2.21. The molecule has 1 heterocycles. The van der Waals surface area contributed by atoms with Crippen LogP contribution < -0.4 is 5.32 Å². The molecular formula is C18H25N3O3. The fraction of sp³-hybridized carbons (Fsp3) is 0.500. The third kappa shape index (κ3) is 5.45. The average molecular weight is 331 g/mol. The summed E-state index contributed by atoms with van der Waals surface area (Å²) in [6.07, 6.45) is 0.773. The summed E-state index contributed by atoms with van der Waals surface area (Å²) >= 11 is 0. The number of nitrogens with one attached hydrogen (secondary N) is 1. The van der Waals surface area contributed by atoms with Crippen LogP contribution in [0.3, 0.4) is 0 Å². The lowest BCUT2D eigenvalue weighted by Crippen LogP contribution is -2.23. The van der Waals surface area contributed by atoms with Gasteiger partial charge in [0.15, 0.2) is 5.82 Å². The zero-order valence-electron chi connectivity index (χ0n) is 14.8. The van der Waals surface area contributed by atoms with Crippen molar-refractivity contribution in [1.29, 1.82) is 0 Å². The summed E-state index contributed by atoms with van der Waals surface area (Å²) < 4.78 is 10.3. The first-order valence-electron chi connectivity index (χ1n) is 8.05. The Morgan fingerprint density at radius 2 is 1.88 bits per heavy atom. The van der Waals surface area contributed by atoms with Gasteiger partial charge in [-0.2, -0.15) is 4.98 Å². The van der Waals surface area contributed by atoms with Gasteiger partial charge >= 0.3 is 0 Å². The van der Waals surface area contributed by atoms with Gasteiger partial charge in [0.1, 0.15) is 0 Å². The number of nitrogens with zero attached hydrogens (tertiary/aromatic N) is 2. The fourth-order valence-electron chi connectivity index (χ4n) is 2.09. The monoisotopic (exact) mass is 331 g/mol. The Hall–Kier alpha value is -2.21. The number of rotatable bonds is 7. The Labute approximate surface area is 142 Å². The minimum atomic E-state index is -0.154. The molecule has 0 radical (unpaired) electrons. The molecule has 0 aliphatic carbocycles. The molecule has 24 heavy (non-hydrogen) atoms. The van der Waals surface area contributed by atoms with Crippen molar-refractivity contribution in [2.45, 2.75) is 52.2 Å². The number of ether oxygens (including phenoxy) is 1. The Kier molecular flexibility index (Phi) is 6.09. The molecule has 0 aliphatic rings. The van der Waals surface area contributed by atoms with Crippen LogP contribution in [0.1, 0.15) is 50.0 Å². The molecular weight excluding hydrogens is 306 g/mol. The zero-order valence-corrected chi connectivity index (χ0v) is 14.8. The van der Waals surface area contributed by atoms with Crippen molar-refractivity contribution in [3.63, 3.8) is 0 Å². The Balaban J connectivity index is 1.76. The second-order valence-corrected chi connectivity index (χ2v) is 6.79. The largest absolute Gasteiger partial charge is 0.380 e. The predicted molar refractivity (Wildman–Crippen MR) is 90.3 cm³/mol. The second kappa shape index (κ2) is 8.06. The highest BCUT2D eigenvalue weighted by molar-refractivity contribution is 5.76. The number of carbonyl (C=O) groups is 1. The van der Waals surface area contributed by atoms with Gasteiger partial charge in [0.25, 0.3) is 0 Å². The third-order valence-corrected chi connectivity index (χ3v) is 3.53. The van der Waals surface area contributed by atoms with E-state index >= 15 is 0 Å². The van der Waals surface area contributed by atoms with Gasteiger partial charge in [-0.25, -0.2) is 0 Å². The molecule has 6 heteroatoms. The molecule has 1 aromatic carbocycles. The van der Waals surface area contributed by atoms with Crippen molar-refractivity contribution in [2.75, 3.05) is 7.11 Å². The standard InChI is InChI=1S/C18H25N3O3/c1-18(2,3)17-20-16(24-21-17)10-9-15(22)19-11-13-5-7-14(8-6-13)12-23-4/h5-8H,9-12H2,1-4H3,(H,19,22). The number of hydrogen-bond donors (Lipinski definition) is 1. The number of amides is 1. The van der Waals surface area contributed by atoms with Gasteiger partial charge in [0, 0.05) is 31.9 Å². The van der Waals surface area contributed by atoms with Crippen molar-refractivity contribution < 1.29 is 14.1 Å². The highest BCUT2D eigenvalue weighted by atomic mass is 16.5. The molecule has 2 aromatic rings. The maximum atomic E-state index is 11.9. The van der Waals surface area contributed by atoms with E-state index in [0.717, 1.165) is 11.1 Å². The van der Waals surface area contributed by atoms with Crippen molar-refractivity contribution in [1.82, 2.24) is 15.5 Å². The van der Waals surface area contributed by atoms with E-state index in [-0.39, 0.29) is 11.3 Å². The van der Waals surface area contributed by atoms with Gasteiger partial charge in [-0.15, -0.1) is 0 Å². The quantitative estimate of drug-likeness (QED) is 0.844. The average Bonchev–Trinajstić information content (AvgIpc) is 3.02. The van der Waals surface area contributed by atoms with Gasteiger partial charge < -0.3 is 14.6 Å². The van der Waals surface area contributed by atoms with Gasteiger partial charge in [-0.3, -0.25) is 4.79 Å². The Morgan fingerprint density at radius 3 is 2.46 bits per heavy atom. The van der Waals surface area contributed by atoms with Crippen LogP contribution in [0.25, 0.3) is 0 Å². The topological polar surface area (TPSA) is 77.2 Å². The molecule has 130 valence electrons. The normalized spacial score (nSPS) is 11.5. The van der Waals surface area contributed by atoms with E-state index in [1.165, 1.54) is 0 Å². The lowest BCUT2D eigenvalue weighted by Gasteiger charge is -2.10. The SMILES string of the molecule is COCc1ccc(CNC(=O)CCc2nc(C(C)(C)C)no2)cc1. The molecule has 0 bridgehead atoms. The number of aromatic nitrogens is 2. The molecule has 0 atom stereocenters. The molecule has 6 nitrogen and oxygen atoms in total. The van der Waals surface area contributed by atoms with E-state index < -0.39 is 0 Å². The summed E-state index contributed by atoms with van der Waals surface area (Å²) in [5.74, 6) is 1.12. The van der Waals surface area contributed by atoms with E-state index in [1.807, 2.05) is 45.0 Å². The Bertz CT molecular complexity index is 657. The van der Waals surface area contributed by atoms with E-state index in [9.17, 15) is 4.79 Å². The van der Waals surface area contributed by atoms with Crippen LogP contribution in [0.4, 0.5) is 0 Å². The van der Waals surface area contributed by atoms with Gasteiger partial charge in [-0.05, 0) is 11.1 Å². The first-order chi connectivity index (χ1) is 11.4. The lowest BCUT2D eigenvalue weighted by atomic mass is 9.96. The smallest absolute Gasteiger partial charge is 0.227 e. The highest BCUT2D eigenvalue weighted by Crippen LogP contribution is 2.18. The predicted octanol–water partition coefficient (Wildman–Crippen LogP) is 2.76. The van der Waals surface area contributed by atoms with Crippen molar-refractivity contribution in [2.24, 2.45) is 0 Å². The molecule has 0 saturated carbocycles. The van der Waals surface area contributed by atoms with Crippen LogP contribution in [0, 0.1) is 0 Å². The molecule has 0 saturated heterocycles. The molecule has 1 amide bonds. The number of hydrogen-bond acceptors (Lipinski definition) is 5. The third-order valence-electron chi connectivity index (χ3n) is 3.53. The Morgan fingerprint density at radius 1 is 1.21 bits per heavy atom. The molecule has 1 N–H and O–H groups in total. The van der Waals surface area contributed by atoms with Gasteiger partial charge in [0.2, 0.25) is 11.8 Å². The number of methoxy groups -OCH3 is 1. The summed E-state index contributed by atoms with van der Waals surface area (Å²) in [5.41, 5.74) is 2.01. The van der Waals surface area contributed by atoms with E-state index in [0.29, 0.717) is 37.7 Å². The second-order valence-electron chi connectivity index (χ2n) is 6.79. The van der Waals surface area contributed by atoms with Crippen LogP contribution in [0.2, 0.25) is 0 Å². The van der Waals surface area contributed by atoms with Gasteiger partial charge in [-0.1, -0.05) is 50.2 Å². The fourth-order valence-corrected chi connectivity index (χ4v) is 2.09. The summed E-state index contributed by atoms with van der Waals surface area (Å²) in [5, 5.41) is 6.85. The molecule has 0 unspecified atom stereocenters. The lowest BCUT2D eigenvalue weighted by molar-refractivity contribution is -0.121. The van der Waals surface area contributed by atoms with Crippen molar-refractivity contribution in [3.8, 4) is 0 Å². The summed E-state index contributed by atoms with van der Waals surface area (Å²) in [4.78, 5) is 16.3. The number of aryl methyl sites for hydroxylation is 1. The minimum Gasteiger partial charge on any atom is -0.380 e. The summed E-state index contributed by atoms with van der Waals surface area (Å²) in [7, 11) is 1.67. The molecule has 1 aromatic heterocycles. The summed E-state index contributed by atoms with van der Waals surface area (Å²) in [6.45, 7) is 7.15. The van der Waals surface area contributed by atoms with Crippen LogP contribution in [0.15, 0.2) is 28.8 Å². The van der Waals surface area contributed by atoms with Crippen LogP contribution >= 0.6 is 0 Å². The van der Waals surface area contributed by atoms with E-state index in [1.54, 1.807) is 7.11 Å². The molecule has 0 aliphatic heterocycles. The minimum absolute atomic E-state index is 0.0357. The first kappa shape index (κ1) is 18.1. The van der Waals surface area contributed by atoms with E-state index in [4.69, 9.17) is 9.26 Å². The van der Waals surface area contributed by atoms with Crippen molar-refractivity contribution >= 4 is 5.91 Å². The molecule has 0 fully saturated rings. The number of benzene rings is 1. The van der Waals surface area contributed by atoms with Crippen molar-refractivity contribution in [3.05, 3.63) is 47.1 Å². The maximum Gasteiger partial charge on any atom is 0.227 e. The van der Waals surface area contributed by atoms with Crippen LogP contribution in [0.5, 0.6) is 0 Å². The maximum absolute atomic E-state index is 11.9. The molecule has 0 spiro atoms. The van der Waals surface area contributed by atoms with Crippen LogP contribution in [-0.2, 0) is 34.5 Å². The van der Waals surface area contributed by atoms with Crippen LogP contribution in [-0.4, -0.2) is 23.2 Å².